The van der Waals surface area contributed by atoms with Gasteiger partial charge < -0.3 is 11.1 Å². The molecule has 1 rings (SSSR count). The van der Waals surface area contributed by atoms with Gasteiger partial charge in [0.25, 0.3) is 5.69 Å². The number of nitro benzene ring substituents is 1. The summed E-state index contributed by atoms with van der Waals surface area (Å²) >= 11 is 2.04. The van der Waals surface area contributed by atoms with Crippen molar-refractivity contribution in [3.63, 3.8) is 0 Å². The second-order valence-electron chi connectivity index (χ2n) is 3.01. The van der Waals surface area contributed by atoms with Gasteiger partial charge in [-0.05, 0) is 34.7 Å². The van der Waals surface area contributed by atoms with E-state index >= 15 is 0 Å². The highest BCUT2D eigenvalue weighted by Crippen LogP contribution is 2.25. The molecule has 0 aliphatic carbocycles. The molecule has 0 saturated carbocycles. The average molecular weight is 333 g/mol. The highest BCUT2D eigenvalue weighted by Gasteiger charge is 2.12. The molecule has 0 aromatic heterocycles. The molecule has 0 atom stereocenters. The van der Waals surface area contributed by atoms with Gasteiger partial charge in [0.15, 0.2) is 0 Å². The third kappa shape index (κ3) is 3.78. The Hall–Kier alpha value is -1.15. The molecule has 6 heteroatoms. The maximum Gasteiger partial charge on any atom is 0.293 e. The van der Waals surface area contributed by atoms with Crippen LogP contribution in [0.5, 0.6) is 0 Å². The summed E-state index contributed by atoms with van der Waals surface area (Å²) in [5.74, 6) is 0. The number of nitrogens with zero attached hydrogens (tertiary/aromatic N) is 1. The smallest absolute Gasteiger partial charge is 0.293 e. The van der Waals surface area contributed by atoms with Gasteiger partial charge in [-0.2, -0.15) is 0 Å². The van der Waals surface area contributed by atoms with Gasteiger partial charge in [0.2, 0.25) is 0 Å². The Bertz CT molecular complexity index is 407. The van der Waals surface area contributed by atoms with Crippen molar-refractivity contribution < 1.29 is 4.92 Å². The van der Waals surface area contributed by atoms with Crippen LogP contribution in [-0.2, 0) is 0 Å². The Morgan fingerprint density at radius 2 is 2.25 bits per heavy atom. The molecule has 86 valence electrons. The highest BCUT2D eigenvalue weighted by atomic mass is 127. The molecule has 1 aromatic rings. The first-order valence-corrected chi connectivity index (χ1v) is 5.76. The molecule has 0 saturated heterocycles. The van der Waals surface area contributed by atoms with E-state index in [9.17, 15) is 10.1 Å². The van der Waals surface area contributed by atoms with Crippen molar-refractivity contribution in [2.75, 3.05) is 18.4 Å². The summed E-state index contributed by atoms with van der Waals surface area (Å²) in [7, 11) is 0. The normalized spacial score (nSPS) is 10.6. The van der Waals surface area contributed by atoms with Crippen molar-refractivity contribution in [3.05, 3.63) is 44.0 Å². The summed E-state index contributed by atoms with van der Waals surface area (Å²) in [6.07, 6.45) is 3.63. The van der Waals surface area contributed by atoms with Crippen LogP contribution in [0.3, 0.4) is 0 Å². The molecule has 5 nitrogen and oxygen atoms in total. The number of hydrogen-bond acceptors (Lipinski definition) is 4. The van der Waals surface area contributed by atoms with E-state index in [4.69, 9.17) is 5.73 Å². The minimum atomic E-state index is -0.392. The molecular weight excluding hydrogens is 321 g/mol. The fraction of sp³-hybridized carbons (Fsp3) is 0.200. The molecule has 0 bridgehead atoms. The molecule has 0 aliphatic rings. The first-order valence-electron chi connectivity index (χ1n) is 4.68. The van der Waals surface area contributed by atoms with Crippen molar-refractivity contribution in [2.24, 2.45) is 5.73 Å². The molecule has 0 fully saturated rings. The van der Waals surface area contributed by atoms with Gasteiger partial charge in [-0.1, -0.05) is 12.2 Å². The van der Waals surface area contributed by atoms with Crippen LogP contribution in [0.4, 0.5) is 11.4 Å². The zero-order valence-electron chi connectivity index (χ0n) is 8.52. The lowest BCUT2D eigenvalue weighted by atomic mass is 10.2. The molecule has 3 N–H and O–H groups in total. The van der Waals surface area contributed by atoms with Crippen LogP contribution in [0.25, 0.3) is 0 Å². The Labute approximate surface area is 107 Å². The van der Waals surface area contributed by atoms with E-state index in [1.165, 1.54) is 6.07 Å². The predicted octanol–water partition coefficient (Wildman–Crippen LogP) is 2.13. The van der Waals surface area contributed by atoms with E-state index in [0.29, 0.717) is 18.8 Å². The maximum absolute atomic E-state index is 10.8. The maximum atomic E-state index is 10.8. The second kappa shape index (κ2) is 6.44. The van der Waals surface area contributed by atoms with E-state index < -0.39 is 4.92 Å². The average Bonchev–Trinajstić information content (AvgIpc) is 2.26. The molecule has 0 amide bonds. The SMILES string of the molecule is NC/C=C/CNc1ccc(I)cc1[N+](=O)[O-]. The van der Waals surface area contributed by atoms with Gasteiger partial charge >= 0.3 is 0 Å². The lowest BCUT2D eigenvalue weighted by Gasteiger charge is -2.04. The van der Waals surface area contributed by atoms with Gasteiger partial charge in [-0.25, -0.2) is 0 Å². The van der Waals surface area contributed by atoms with Crippen LogP contribution in [0, 0.1) is 13.7 Å². The number of rotatable bonds is 5. The first kappa shape index (κ1) is 12.9. The van der Waals surface area contributed by atoms with Crippen LogP contribution in [0.15, 0.2) is 30.4 Å². The molecule has 0 unspecified atom stereocenters. The van der Waals surface area contributed by atoms with Crippen LogP contribution >= 0.6 is 22.6 Å². The lowest BCUT2D eigenvalue weighted by Crippen LogP contribution is -2.03. The minimum Gasteiger partial charge on any atom is -0.376 e. The monoisotopic (exact) mass is 333 g/mol. The predicted molar refractivity (Wildman–Crippen MR) is 72.5 cm³/mol. The Morgan fingerprint density at radius 1 is 1.50 bits per heavy atom. The zero-order valence-corrected chi connectivity index (χ0v) is 10.7. The van der Waals surface area contributed by atoms with Crippen LogP contribution in [-0.4, -0.2) is 18.0 Å². The summed E-state index contributed by atoms with van der Waals surface area (Å²) in [6, 6.07) is 5.06. The highest BCUT2D eigenvalue weighted by molar-refractivity contribution is 14.1. The summed E-state index contributed by atoms with van der Waals surface area (Å²) in [5, 5.41) is 13.8. The summed E-state index contributed by atoms with van der Waals surface area (Å²) in [5.41, 5.74) is 5.89. The van der Waals surface area contributed by atoms with Crippen molar-refractivity contribution in [3.8, 4) is 0 Å². The topological polar surface area (TPSA) is 81.2 Å². The molecule has 16 heavy (non-hydrogen) atoms. The molecule has 0 aliphatic heterocycles. The number of nitro groups is 1. The van der Waals surface area contributed by atoms with E-state index in [2.05, 4.69) is 5.32 Å². The van der Waals surface area contributed by atoms with Gasteiger partial charge in [0.05, 0.1) is 4.92 Å². The third-order valence-electron chi connectivity index (χ3n) is 1.87. The van der Waals surface area contributed by atoms with E-state index in [1.54, 1.807) is 12.1 Å². The number of halogens is 1. The van der Waals surface area contributed by atoms with Crippen LogP contribution < -0.4 is 11.1 Å². The van der Waals surface area contributed by atoms with Crippen molar-refractivity contribution in [1.82, 2.24) is 0 Å². The number of anilines is 1. The Morgan fingerprint density at radius 3 is 2.88 bits per heavy atom. The van der Waals surface area contributed by atoms with Crippen molar-refractivity contribution in [1.29, 1.82) is 0 Å². The fourth-order valence-electron chi connectivity index (χ4n) is 1.15. The lowest BCUT2D eigenvalue weighted by molar-refractivity contribution is -0.384. The number of nitrogens with one attached hydrogen (secondary N) is 1. The standard InChI is InChI=1S/C10H12IN3O2/c11-8-3-4-9(10(7-8)14(15)16)13-6-2-1-5-12/h1-4,7,13H,5-6,12H2/b2-1+. The molecular formula is C10H12IN3O2. The number of hydrogen-bond donors (Lipinski definition) is 2. The van der Waals surface area contributed by atoms with E-state index in [1.807, 2.05) is 34.7 Å². The van der Waals surface area contributed by atoms with Gasteiger partial charge in [0.1, 0.15) is 5.69 Å². The van der Waals surface area contributed by atoms with Crippen molar-refractivity contribution in [2.45, 2.75) is 0 Å². The number of benzene rings is 1. The zero-order chi connectivity index (χ0) is 12.0. The van der Waals surface area contributed by atoms with Crippen molar-refractivity contribution >= 4 is 34.0 Å². The minimum absolute atomic E-state index is 0.0908. The molecule has 1 aromatic carbocycles. The van der Waals surface area contributed by atoms with Gasteiger partial charge in [-0.15, -0.1) is 0 Å². The number of nitrogens with two attached hydrogens (primary N) is 1. The van der Waals surface area contributed by atoms with Crippen LogP contribution in [0.1, 0.15) is 0 Å². The molecule has 0 spiro atoms. The fourth-order valence-corrected chi connectivity index (χ4v) is 1.63. The first-order chi connectivity index (χ1) is 7.65. The molecule has 0 radical (unpaired) electrons. The molecule has 0 heterocycles. The van der Waals surface area contributed by atoms with E-state index in [0.717, 1.165) is 3.57 Å². The second-order valence-corrected chi connectivity index (χ2v) is 4.25. The quantitative estimate of drug-likeness (QED) is 0.374. The van der Waals surface area contributed by atoms with E-state index in [-0.39, 0.29) is 5.69 Å². The Balaban J connectivity index is 2.78. The third-order valence-corrected chi connectivity index (χ3v) is 2.54. The summed E-state index contributed by atoms with van der Waals surface area (Å²) < 4.78 is 0.840. The van der Waals surface area contributed by atoms with Gasteiger partial charge in [0, 0.05) is 22.7 Å². The van der Waals surface area contributed by atoms with Gasteiger partial charge in [-0.3, -0.25) is 10.1 Å². The summed E-state index contributed by atoms with van der Waals surface area (Å²) in [4.78, 5) is 10.4. The van der Waals surface area contributed by atoms with Crippen LogP contribution in [0.2, 0.25) is 0 Å². The summed E-state index contributed by atoms with van der Waals surface area (Å²) in [6.45, 7) is 0.995. The Kier molecular flexibility index (Phi) is 5.20. The largest absolute Gasteiger partial charge is 0.376 e.